The van der Waals surface area contributed by atoms with Crippen LogP contribution in [0.25, 0.3) is 0 Å². The Balaban J connectivity index is 1.81. The lowest BCUT2D eigenvalue weighted by atomic mass is 10.2. The molecule has 1 aromatic carbocycles. The number of nitrogens with one attached hydrogen (secondary N) is 1. The summed E-state index contributed by atoms with van der Waals surface area (Å²) in [6.45, 7) is 1.01. The van der Waals surface area contributed by atoms with Gasteiger partial charge in [-0.3, -0.25) is 0 Å². The first kappa shape index (κ1) is 14.2. The van der Waals surface area contributed by atoms with Crippen molar-refractivity contribution in [3.05, 3.63) is 29.8 Å². The van der Waals surface area contributed by atoms with Crippen molar-refractivity contribution < 1.29 is 4.74 Å². The number of benzene rings is 1. The van der Waals surface area contributed by atoms with Crippen LogP contribution in [0.1, 0.15) is 24.8 Å². The Morgan fingerprint density at radius 1 is 1.37 bits per heavy atom. The summed E-state index contributed by atoms with van der Waals surface area (Å²) >= 11 is 1.97. The van der Waals surface area contributed by atoms with E-state index in [0.29, 0.717) is 6.04 Å². The van der Waals surface area contributed by atoms with Crippen LogP contribution in [0.5, 0.6) is 5.75 Å². The molecule has 0 aliphatic heterocycles. The van der Waals surface area contributed by atoms with Crippen LogP contribution in [-0.4, -0.2) is 24.2 Å². The van der Waals surface area contributed by atoms with Gasteiger partial charge in [0, 0.05) is 17.8 Å². The van der Waals surface area contributed by atoms with Gasteiger partial charge >= 0.3 is 0 Å². The Kier molecular flexibility index (Phi) is 5.56. The smallest absolute Gasteiger partial charge is 0.174 e. The molecular weight excluding hydrogens is 256 g/mol. The van der Waals surface area contributed by atoms with Gasteiger partial charge in [0.05, 0.1) is 0 Å². The molecule has 0 saturated heterocycles. The van der Waals surface area contributed by atoms with E-state index in [0.717, 1.165) is 17.5 Å². The van der Waals surface area contributed by atoms with Gasteiger partial charge in [0.25, 0.3) is 0 Å². The van der Waals surface area contributed by atoms with Crippen LogP contribution >= 0.6 is 11.8 Å². The van der Waals surface area contributed by atoms with E-state index in [1.165, 1.54) is 24.8 Å². The van der Waals surface area contributed by atoms with E-state index < -0.39 is 0 Å². The fourth-order valence-corrected chi connectivity index (χ4v) is 3.47. The van der Waals surface area contributed by atoms with Gasteiger partial charge in [-0.05, 0) is 36.8 Å². The van der Waals surface area contributed by atoms with Gasteiger partial charge < -0.3 is 10.1 Å². The average Bonchev–Trinajstić information content (AvgIpc) is 2.91. The molecule has 1 aliphatic rings. The predicted octanol–water partition coefficient (Wildman–Crippen LogP) is 2.96. The summed E-state index contributed by atoms with van der Waals surface area (Å²) in [5.41, 5.74) is 1.26. The second kappa shape index (κ2) is 7.42. The Labute approximate surface area is 119 Å². The van der Waals surface area contributed by atoms with Gasteiger partial charge in [-0.1, -0.05) is 18.6 Å². The Morgan fingerprint density at radius 3 is 2.84 bits per heavy atom. The third kappa shape index (κ3) is 4.15. The van der Waals surface area contributed by atoms with Gasteiger partial charge in [-0.2, -0.15) is 17.0 Å². The Morgan fingerprint density at radius 2 is 2.16 bits per heavy atom. The molecule has 102 valence electrons. The largest absolute Gasteiger partial charge is 0.479 e. The van der Waals surface area contributed by atoms with E-state index in [-0.39, 0.29) is 6.61 Å². The zero-order valence-electron chi connectivity index (χ0n) is 11.3. The van der Waals surface area contributed by atoms with E-state index >= 15 is 0 Å². The highest BCUT2D eigenvalue weighted by molar-refractivity contribution is 7.99. The van der Waals surface area contributed by atoms with Crippen LogP contribution in [0.2, 0.25) is 0 Å². The molecule has 19 heavy (non-hydrogen) atoms. The highest BCUT2D eigenvalue weighted by atomic mass is 32.2. The SMILES string of the molecule is CSC1CCCC1NCc1ccc(OCC#N)cc1. The summed E-state index contributed by atoms with van der Waals surface area (Å²) in [6.07, 6.45) is 6.16. The minimum atomic E-state index is 0.106. The standard InChI is InChI=1S/C15H20N2OS/c1-19-15-4-2-3-14(15)17-11-12-5-7-13(8-6-12)18-10-9-16/h5-8,14-15,17H,2-4,10-11H2,1H3. The number of nitrogens with zero attached hydrogens (tertiary/aromatic N) is 1. The van der Waals surface area contributed by atoms with Crippen molar-refractivity contribution in [3.8, 4) is 11.8 Å². The first-order valence-corrected chi connectivity index (χ1v) is 7.97. The van der Waals surface area contributed by atoms with Crippen molar-refractivity contribution >= 4 is 11.8 Å². The minimum Gasteiger partial charge on any atom is -0.479 e. The van der Waals surface area contributed by atoms with Crippen LogP contribution in [0.4, 0.5) is 0 Å². The maximum absolute atomic E-state index is 8.45. The normalized spacial score (nSPS) is 22.1. The number of nitriles is 1. The summed E-state index contributed by atoms with van der Waals surface area (Å²) < 4.78 is 5.24. The van der Waals surface area contributed by atoms with Crippen molar-refractivity contribution in [2.24, 2.45) is 0 Å². The molecule has 0 aromatic heterocycles. The number of hydrogen-bond acceptors (Lipinski definition) is 4. The Bertz CT molecular complexity index is 427. The number of thioether (sulfide) groups is 1. The quantitative estimate of drug-likeness (QED) is 0.867. The van der Waals surface area contributed by atoms with Crippen LogP contribution < -0.4 is 10.1 Å². The van der Waals surface area contributed by atoms with Crippen molar-refractivity contribution in [2.75, 3.05) is 12.9 Å². The number of rotatable bonds is 6. The molecule has 1 fully saturated rings. The van der Waals surface area contributed by atoms with E-state index in [1.54, 1.807) is 0 Å². The zero-order valence-corrected chi connectivity index (χ0v) is 12.1. The monoisotopic (exact) mass is 276 g/mol. The maximum atomic E-state index is 8.45. The van der Waals surface area contributed by atoms with E-state index in [2.05, 4.69) is 23.7 Å². The predicted molar refractivity (Wildman–Crippen MR) is 79.3 cm³/mol. The first-order valence-electron chi connectivity index (χ1n) is 6.68. The molecule has 0 radical (unpaired) electrons. The molecule has 1 saturated carbocycles. The van der Waals surface area contributed by atoms with Crippen molar-refractivity contribution in [2.45, 2.75) is 37.1 Å². The lowest BCUT2D eigenvalue weighted by molar-refractivity contribution is 0.368. The summed E-state index contributed by atoms with van der Waals surface area (Å²) in [7, 11) is 0. The highest BCUT2D eigenvalue weighted by Gasteiger charge is 2.25. The van der Waals surface area contributed by atoms with Gasteiger partial charge in [-0.15, -0.1) is 0 Å². The molecule has 4 heteroatoms. The fourth-order valence-electron chi connectivity index (χ4n) is 2.51. The fraction of sp³-hybridized carbons (Fsp3) is 0.533. The zero-order chi connectivity index (χ0) is 13.5. The summed E-state index contributed by atoms with van der Waals surface area (Å²) in [4.78, 5) is 0. The molecule has 0 spiro atoms. The second-order valence-electron chi connectivity index (χ2n) is 4.78. The molecule has 0 bridgehead atoms. The first-order chi connectivity index (χ1) is 9.33. The van der Waals surface area contributed by atoms with Crippen molar-refractivity contribution in [1.82, 2.24) is 5.32 Å². The molecule has 2 rings (SSSR count). The molecule has 0 amide bonds. The number of ether oxygens (including phenoxy) is 1. The third-order valence-corrected chi connectivity index (χ3v) is 4.72. The van der Waals surface area contributed by atoms with E-state index in [4.69, 9.17) is 10.00 Å². The van der Waals surface area contributed by atoms with Gasteiger partial charge in [0.2, 0.25) is 0 Å². The molecular formula is C15H20N2OS. The second-order valence-corrected chi connectivity index (χ2v) is 5.86. The third-order valence-electron chi connectivity index (χ3n) is 3.55. The van der Waals surface area contributed by atoms with E-state index in [1.807, 2.05) is 30.0 Å². The molecule has 1 N–H and O–H groups in total. The van der Waals surface area contributed by atoms with Crippen LogP contribution in [0.3, 0.4) is 0 Å². The van der Waals surface area contributed by atoms with Crippen LogP contribution in [0.15, 0.2) is 24.3 Å². The van der Waals surface area contributed by atoms with Gasteiger partial charge in [0.1, 0.15) is 11.8 Å². The molecule has 1 aliphatic carbocycles. The summed E-state index contributed by atoms with van der Waals surface area (Å²) in [6, 6.07) is 10.6. The molecule has 1 aromatic rings. The topological polar surface area (TPSA) is 45.0 Å². The molecule has 0 heterocycles. The summed E-state index contributed by atoms with van der Waals surface area (Å²) in [5, 5.41) is 12.9. The molecule has 2 atom stereocenters. The Hall–Kier alpha value is -1.18. The maximum Gasteiger partial charge on any atom is 0.174 e. The minimum absolute atomic E-state index is 0.106. The van der Waals surface area contributed by atoms with E-state index in [9.17, 15) is 0 Å². The lowest BCUT2D eigenvalue weighted by Gasteiger charge is -2.19. The average molecular weight is 276 g/mol. The van der Waals surface area contributed by atoms with Crippen LogP contribution in [0, 0.1) is 11.3 Å². The van der Waals surface area contributed by atoms with Crippen molar-refractivity contribution in [1.29, 1.82) is 5.26 Å². The van der Waals surface area contributed by atoms with Gasteiger partial charge in [-0.25, -0.2) is 0 Å². The van der Waals surface area contributed by atoms with Crippen LogP contribution in [-0.2, 0) is 6.54 Å². The number of hydrogen-bond donors (Lipinski definition) is 1. The van der Waals surface area contributed by atoms with Crippen molar-refractivity contribution in [3.63, 3.8) is 0 Å². The molecule has 2 unspecified atom stereocenters. The molecule has 3 nitrogen and oxygen atoms in total. The highest BCUT2D eigenvalue weighted by Crippen LogP contribution is 2.28. The summed E-state index contributed by atoms with van der Waals surface area (Å²) in [5.74, 6) is 0.758. The lowest BCUT2D eigenvalue weighted by Crippen LogP contribution is -2.33. The van der Waals surface area contributed by atoms with Gasteiger partial charge in [0.15, 0.2) is 6.61 Å².